The Bertz CT molecular complexity index is 610. The maximum Gasteiger partial charge on any atom is 0.345 e. The molecule has 0 amide bonds. The van der Waals surface area contributed by atoms with Crippen LogP contribution in [0.3, 0.4) is 0 Å². The molecule has 0 aliphatic rings. The fourth-order valence-electron chi connectivity index (χ4n) is 1.48. The summed E-state index contributed by atoms with van der Waals surface area (Å²) >= 11 is 0. The summed E-state index contributed by atoms with van der Waals surface area (Å²) < 4.78 is 19.0. The van der Waals surface area contributed by atoms with Gasteiger partial charge in [0.2, 0.25) is 0 Å². The lowest BCUT2D eigenvalue weighted by Gasteiger charge is -2.10. The molecule has 0 bridgehead atoms. The minimum atomic E-state index is -0.613. The van der Waals surface area contributed by atoms with Crippen molar-refractivity contribution in [3.63, 3.8) is 0 Å². The summed E-state index contributed by atoms with van der Waals surface area (Å²) in [5.41, 5.74) is -0.122. The van der Waals surface area contributed by atoms with Gasteiger partial charge in [0, 0.05) is 11.8 Å². The maximum atomic E-state index is 13.5. The largest absolute Gasteiger partial charge is 0.489 e. The van der Waals surface area contributed by atoms with E-state index in [1.165, 1.54) is 12.4 Å². The SMILES string of the molecule is CC(C)Oc1cncc(-c2[nH]c(=O)ncc2F)c1. The Morgan fingerprint density at radius 2 is 2.11 bits per heavy atom. The van der Waals surface area contributed by atoms with Crippen molar-refractivity contribution in [2.45, 2.75) is 20.0 Å². The fourth-order valence-corrected chi connectivity index (χ4v) is 1.48. The van der Waals surface area contributed by atoms with E-state index in [1.807, 2.05) is 13.8 Å². The highest BCUT2D eigenvalue weighted by Gasteiger charge is 2.09. The molecule has 0 atom stereocenters. The summed E-state index contributed by atoms with van der Waals surface area (Å²) in [7, 11) is 0. The Kier molecular flexibility index (Phi) is 3.36. The van der Waals surface area contributed by atoms with Gasteiger partial charge in [-0.1, -0.05) is 0 Å². The number of hydrogen-bond acceptors (Lipinski definition) is 4. The number of H-pyrrole nitrogens is 1. The predicted molar refractivity (Wildman–Crippen MR) is 63.8 cm³/mol. The summed E-state index contributed by atoms with van der Waals surface area (Å²) in [6, 6.07) is 1.61. The minimum absolute atomic E-state index is 0.0108. The number of rotatable bonds is 3. The lowest BCUT2D eigenvalue weighted by atomic mass is 10.2. The normalized spacial score (nSPS) is 10.7. The highest BCUT2D eigenvalue weighted by molar-refractivity contribution is 5.59. The second-order valence-electron chi connectivity index (χ2n) is 3.99. The molecule has 2 rings (SSSR count). The molecule has 2 aromatic heterocycles. The van der Waals surface area contributed by atoms with E-state index < -0.39 is 11.5 Å². The molecular formula is C12H12FN3O2. The first-order valence-electron chi connectivity index (χ1n) is 5.43. The number of ether oxygens (including phenoxy) is 1. The van der Waals surface area contributed by atoms with Gasteiger partial charge in [-0.3, -0.25) is 4.98 Å². The molecule has 0 radical (unpaired) electrons. The number of aromatic amines is 1. The van der Waals surface area contributed by atoms with Crippen LogP contribution >= 0.6 is 0 Å². The van der Waals surface area contributed by atoms with Crippen LogP contribution in [0.2, 0.25) is 0 Å². The van der Waals surface area contributed by atoms with Crippen LogP contribution < -0.4 is 10.4 Å². The van der Waals surface area contributed by atoms with Gasteiger partial charge in [0.05, 0.1) is 24.2 Å². The number of nitrogens with one attached hydrogen (secondary N) is 1. The van der Waals surface area contributed by atoms with Crippen molar-refractivity contribution in [3.8, 4) is 17.0 Å². The molecule has 0 unspecified atom stereocenters. The highest BCUT2D eigenvalue weighted by atomic mass is 19.1. The molecule has 0 aliphatic carbocycles. The molecule has 1 N–H and O–H groups in total. The Labute approximate surface area is 103 Å². The van der Waals surface area contributed by atoms with Crippen LogP contribution in [0, 0.1) is 5.82 Å². The lowest BCUT2D eigenvalue weighted by molar-refractivity contribution is 0.241. The number of halogens is 1. The molecule has 2 aromatic rings. The number of aromatic nitrogens is 3. The lowest BCUT2D eigenvalue weighted by Crippen LogP contribution is -2.12. The Hall–Kier alpha value is -2.24. The predicted octanol–water partition coefficient (Wildman–Crippen LogP) is 1.76. The van der Waals surface area contributed by atoms with Crippen LogP contribution in [0.15, 0.2) is 29.5 Å². The second-order valence-corrected chi connectivity index (χ2v) is 3.99. The van der Waals surface area contributed by atoms with Gasteiger partial charge in [0.1, 0.15) is 5.75 Å². The molecule has 6 heteroatoms. The molecular weight excluding hydrogens is 237 g/mol. The van der Waals surface area contributed by atoms with Crippen molar-refractivity contribution in [3.05, 3.63) is 41.0 Å². The molecule has 94 valence electrons. The van der Waals surface area contributed by atoms with Gasteiger partial charge in [0.25, 0.3) is 0 Å². The molecule has 0 saturated heterocycles. The summed E-state index contributed by atoms with van der Waals surface area (Å²) in [5.74, 6) is -0.0994. The second kappa shape index (κ2) is 4.95. The van der Waals surface area contributed by atoms with Gasteiger partial charge in [0.15, 0.2) is 5.82 Å². The summed E-state index contributed by atoms with van der Waals surface area (Å²) in [4.78, 5) is 20.7. The van der Waals surface area contributed by atoms with E-state index in [-0.39, 0.29) is 11.8 Å². The Balaban J connectivity index is 2.44. The fraction of sp³-hybridized carbons (Fsp3) is 0.250. The zero-order valence-corrected chi connectivity index (χ0v) is 9.98. The average Bonchev–Trinajstić information content (AvgIpc) is 2.32. The number of hydrogen-bond donors (Lipinski definition) is 1. The van der Waals surface area contributed by atoms with Crippen molar-refractivity contribution >= 4 is 0 Å². The smallest absolute Gasteiger partial charge is 0.345 e. The first kappa shape index (κ1) is 12.2. The number of nitrogens with zero attached hydrogens (tertiary/aromatic N) is 2. The van der Waals surface area contributed by atoms with Crippen LogP contribution in [0.25, 0.3) is 11.3 Å². The minimum Gasteiger partial charge on any atom is -0.489 e. The zero-order valence-electron chi connectivity index (χ0n) is 9.98. The molecule has 0 aromatic carbocycles. The third-order valence-corrected chi connectivity index (χ3v) is 2.14. The molecule has 2 heterocycles. The summed E-state index contributed by atoms with van der Waals surface area (Å²) in [6.07, 6.45) is 3.84. The van der Waals surface area contributed by atoms with E-state index >= 15 is 0 Å². The van der Waals surface area contributed by atoms with Crippen LogP contribution in [0.1, 0.15) is 13.8 Å². The van der Waals surface area contributed by atoms with Crippen molar-refractivity contribution in [2.24, 2.45) is 0 Å². The van der Waals surface area contributed by atoms with Crippen molar-refractivity contribution in [2.75, 3.05) is 0 Å². The van der Waals surface area contributed by atoms with Gasteiger partial charge in [-0.15, -0.1) is 0 Å². The van der Waals surface area contributed by atoms with Crippen molar-refractivity contribution in [1.82, 2.24) is 15.0 Å². The standard InChI is InChI=1S/C12H12FN3O2/c1-7(2)18-9-3-8(4-14-5-9)11-10(13)6-15-12(17)16-11/h3-7H,1-2H3,(H,15,16,17). The average molecular weight is 249 g/mol. The van der Waals surface area contributed by atoms with Gasteiger partial charge in [-0.05, 0) is 19.9 Å². The molecule has 0 fully saturated rings. The highest BCUT2D eigenvalue weighted by Crippen LogP contribution is 2.22. The molecule has 0 aliphatic heterocycles. The first-order chi connectivity index (χ1) is 8.56. The van der Waals surface area contributed by atoms with E-state index in [0.29, 0.717) is 11.3 Å². The molecule has 0 saturated carbocycles. The molecule has 0 spiro atoms. The van der Waals surface area contributed by atoms with E-state index in [2.05, 4.69) is 15.0 Å². The Morgan fingerprint density at radius 3 is 2.83 bits per heavy atom. The van der Waals surface area contributed by atoms with Gasteiger partial charge >= 0.3 is 5.69 Å². The van der Waals surface area contributed by atoms with Crippen LogP contribution in [-0.2, 0) is 0 Å². The topological polar surface area (TPSA) is 67.9 Å². The van der Waals surface area contributed by atoms with Crippen LogP contribution in [0.4, 0.5) is 4.39 Å². The first-order valence-corrected chi connectivity index (χ1v) is 5.43. The quantitative estimate of drug-likeness (QED) is 0.900. The maximum absolute atomic E-state index is 13.5. The van der Waals surface area contributed by atoms with Crippen LogP contribution in [-0.4, -0.2) is 21.1 Å². The van der Waals surface area contributed by atoms with Gasteiger partial charge < -0.3 is 9.72 Å². The monoisotopic (exact) mass is 249 g/mol. The number of pyridine rings is 1. The van der Waals surface area contributed by atoms with Gasteiger partial charge in [-0.2, -0.15) is 4.98 Å². The van der Waals surface area contributed by atoms with E-state index in [0.717, 1.165) is 6.20 Å². The summed E-state index contributed by atoms with van der Waals surface area (Å²) in [6.45, 7) is 3.75. The molecule has 18 heavy (non-hydrogen) atoms. The third-order valence-electron chi connectivity index (χ3n) is 2.14. The van der Waals surface area contributed by atoms with E-state index in [4.69, 9.17) is 4.74 Å². The Morgan fingerprint density at radius 1 is 1.33 bits per heavy atom. The van der Waals surface area contributed by atoms with Gasteiger partial charge in [-0.25, -0.2) is 9.18 Å². The third kappa shape index (κ3) is 2.71. The van der Waals surface area contributed by atoms with Crippen molar-refractivity contribution < 1.29 is 9.13 Å². The van der Waals surface area contributed by atoms with Crippen molar-refractivity contribution in [1.29, 1.82) is 0 Å². The van der Waals surface area contributed by atoms with Crippen LogP contribution in [0.5, 0.6) is 5.75 Å². The van der Waals surface area contributed by atoms with E-state index in [1.54, 1.807) is 6.07 Å². The zero-order chi connectivity index (χ0) is 13.1. The van der Waals surface area contributed by atoms with E-state index in [9.17, 15) is 9.18 Å². The molecule has 5 nitrogen and oxygen atoms in total. The summed E-state index contributed by atoms with van der Waals surface area (Å²) in [5, 5.41) is 0.